The number of nitrogens with one attached hydrogen (secondary N) is 3. The van der Waals surface area contributed by atoms with E-state index in [1.54, 1.807) is 0 Å². The third-order valence-electron chi connectivity index (χ3n) is 4.24. The second-order valence-corrected chi connectivity index (χ2v) is 7.36. The fraction of sp³-hybridized carbons (Fsp3) is 0.333. The summed E-state index contributed by atoms with van der Waals surface area (Å²) >= 11 is 5.96. The van der Waals surface area contributed by atoms with Gasteiger partial charge < -0.3 is 16.0 Å². The van der Waals surface area contributed by atoms with Crippen molar-refractivity contribution in [2.45, 2.75) is 39.8 Å². The highest BCUT2D eigenvalue weighted by Crippen LogP contribution is 2.23. The van der Waals surface area contributed by atoms with Crippen LogP contribution in [-0.2, 0) is 4.79 Å². The zero-order valence-electron chi connectivity index (χ0n) is 16.0. The summed E-state index contributed by atoms with van der Waals surface area (Å²) < 4.78 is 0. The molecule has 2 atom stereocenters. The van der Waals surface area contributed by atoms with Crippen LogP contribution in [0.4, 0.5) is 10.5 Å². The van der Waals surface area contributed by atoms with Crippen LogP contribution < -0.4 is 16.0 Å². The lowest BCUT2D eigenvalue weighted by Crippen LogP contribution is -2.40. The monoisotopic (exact) mass is 387 g/mol. The van der Waals surface area contributed by atoms with Crippen LogP contribution in [0.2, 0.25) is 5.02 Å². The van der Waals surface area contributed by atoms with Crippen LogP contribution in [-0.4, -0.2) is 11.9 Å². The van der Waals surface area contributed by atoms with Gasteiger partial charge in [-0.2, -0.15) is 0 Å². The molecule has 0 saturated heterocycles. The Morgan fingerprint density at radius 1 is 0.926 bits per heavy atom. The average molecular weight is 388 g/mol. The maximum absolute atomic E-state index is 12.5. The van der Waals surface area contributed by atoms with Crippen LogP contribution in [0.3, 0.4) is 0 Å². The van der Waals surface area contributed by atoms with E-state index >= 15 is 0 Å². The van der Waals surface area contributed by atoms with E-state index in [1.807, 2.05) is 55.5 Å². The van der Waals surface area contributed by atoms with Gasteiger partial charge in [-0.25, -0.2) is 4.79 Å². The first-order chi connectivity index (χ1) is 12.8. The van der Waals surface area contributed by atoms with Crippen LogP contribution in [0.5, 0.6) is 0 Å². The highest BCUT2D eigenvalue weighted by Gasteiger charge is 2.19. The summed E-state index contributed by atoms with van der Waals surface area (Å²) in [5, 5.41) is 9.40. The number of hydrogen-bond acceptors (Lipinski definition) is 2. The molecule has 0 aliphatic rings. The Kier molecular flexibility index (Phi) is 7.25. The molecule has 5 nitrogen and oxygen atoms in total. The molecule has 0 bridgehead atoms. The number of halogens is 1. The maximum Gasteiger partial charge on any atom is 0.315 e. The SMILES string of the molecule is CC(=O)Nc1cccc([C@H](C)NC(=O)N[C@H](c2ccc(Cl)cc2)C(C)C)c1. The van der Waals surface area contributed by atoms with Gasteiger partial charge in [0.25, 0.3) is 0 Å². The fourth-order valence-electron chi connectivity index (χ4n) is 2.86. The lowest BCUT2D eigenvalue weighted by molar-refractivity contribution is -0.114. The molecule has 0 aliphatic heterocycles. The van der Waals surface area contributed by atoms with Gasteiger partial charge in [-0.3, -0.25) is 4.79 Å². The first-order valence-electron chi connectivity index (χ1n) is 8.96. The average Bonchev–Trinajstić information content (AvgIpc) is 2.60. The van der Waals surface area contributed by atoms with Crippen LogP contribution >= 0.6 is 11.6 Å². The van der Waals surface area contributed by atoms with Crippen LogP contribution in [0, 0.1) is 5.92 Å². The molecule has 0 radical (unpaired) electrons. The lowest BCUT2D eigenvalue weighted by atomic mass is 9.96. The van der Waals surface area contributed by atoms with E-state index in [0.29, 0.717) is 10.7 Å². The molecule has 0 fully saturated rings. The molecule has 6 heteroatoms. The summed E-state index contributed by atoms with van der Waals surface area (Å²) in [6, 6.07) is 14.3. The molecule has 0 heterocycles. The summed E-state index contributed by atoms with van der Waals surface area (Å²) in [4.78, 5) is 23.7. The molecule has 0 unspecified atom stereocenters. The zero-order chi connectivity index (χ0) is 20.0. The topological polar surface area (TPSA) is 70.2 Å². The summed E-state index contributed by atoms with van der Waals surface area (Å²) in [5.41, 5.74) is 2.61. The Labute approximate surface area is 165 Å². The highest BCUT2D eigenvalue weighted by atomic mass is 35.5. The number of urea groups is 1. The molecule has 144 valence electrons. The van der Waals surface area contributed by atoms with Gasteiger partial charge in [0.05, 0.1) is 12.1 Å². The summed E-state index contributed by atoms with van der Waals surface area (Å²) in [6.07, 6.45) is 0. The number of hydrogen-bond donors (Lipinski definition) is 3. The van der Waals surface area contributed by atoms with Gasteiger partial charge in [-0.1, -0.05) is 49.7 Å². The quantitative estimate of drug-likeness (QED) is 0.648. The first-order valence-corrected chi connectivity index (χ1v) is 9.34. The largest absolute Gasteiger partial charge is 0.332 e. The predicted molar refractivity (Wildman–Crippen MR) is 110 cm³/mol. The summed E-state index contributed by atoms with van der Waals surface area (Å²) in [5.74, 6) is 0.0866. The van der Waals surface area contributed by atoms with E-state index in [0.717, 1.165) is 11.1 Å². The molecule has 0 aliphatic carbocycles. The molecule has 0 aromatic heterocycles. The molecule has 3 amide bonds. The fourth-order valence-corrected chi connectivity index (χ4v) is 2.98. The first kappa shape index (κ1) is 20.8. The van der Waals surface area contributed by atoms with Crippen molar-refractivity contribution >= 4 is 29.2 Å². The van der Waals surface area contributed by atoms with Crippen molar-refractivity contribution in [2.75, 3.05) is 5.32 Å². The zero-order valence-corrected chi connectivity index (χ0v) is 16.8. The number of benzene rings is 2. The molecular weight excluding hydrogens is 362 g/mol. The van der Waals surface area contributed by atoms with E-state index in [-0.39, 0.29) is 29.9 Å². The third-order valence-corrected chi connectivity index (χ3v) is 4.49. The minimum absolute atomic E-state index is 0.125. The normalized spacial score (nSPS) is 13.0. The van der Waals surface area contributed by atoms with Gasteiger partial charge in [-0.05, 0) is 48.2 Å². The second-order valence-electron chi connectivity index (χ2n) is 6.92. The van der Waals surface area contributed by atoms with Gasteiger partial charge in [0, 0.05) is 17.6 Å². The molecule has 0 spiro atoms. The standard InChI is InChI=1S/C21H26ClN3O2/c1-13(2)20(16-8-10-18(22)11-9-16)25-21(27)23-14(3)17-6-5-7-19(12-17)24-15(4)26/h5-14,20H,1-4H3,(H,24,26)(H2,23,25,27)/t14-,20-/m0/s1. The van der Waals surface area contributed by atoms with Crippen molar-refractivity contribution in [3.05, 3.63) is 64.7 Å². The van der Waals surface area contributed by atoms with Crippen LogP contribution in [0.25, 0.3) is 0 Å². The number of amides is 3. The van der Waals surface area contributed by atoms with Gasteiger partial charge in [-0.15, -0.1) is 0 Å². The Morgan fingerprint density at radius 2 is 1.59 bits per heavy atom. The van der Waals surface area contributed by atoms with Gasteiger partial charge in [0.1, 0.15) is 0 Å². The van der Waals surface area contributed by atoms with Crippen LogP contribution in [0.1, 0.15) is 50.9 Å². The van der Waals surface area contributed by atoms with E-state index in [2.05, 4.69) is 29.8 Å². The van der Waals surface area contributed by atoms with Crippen LogP contribution in [0.15, 0.2) is 48.5 Å². The smallest absolute Gasteiger partial charge is 0.315 e. The summed E-state index contributed by atoms with van der Waals surface area (Å²) in [7, 11) is 0. The predicted octanol–water partition coefficient (Wildman–Crippen LogP) is 5.06. The molecule has 2 aromatic carbocycles. The lowest BCUT2D eigenvalue weighted by Gasteiger charge is -2.25. The van der Waals surface area contributed by atoms with Gasteiger partial charge >= 0.3 is 6.03 Å². The van der Waals surface area contributed by atoms with E-state index in [1.165, 1.54) is 6.92 Å². The Balaban J connectivity index is 2.04. The molecule has 0 saturated carbocycles. The number of rotatable bonds is 6. The molecule has 2 rings (SSSR count). The Hall–Kier alpha value is -2.53. The van der Waals surface area contributed by atoms with Crippen molar-refractivity contribution in [1.82, 2.24) is 10.6 Å². The molecule has 3 N–H and O–H groups in total. The van der Waals surface area contributed by atoms with Crippen molar-refractivity contribution in [2.24, 2.45) is 5.92 Å². The minimum atomic E-state index is -0.249. The number of anilines is 1. The van der Waals surface area contributed by atoms with E-state index in [9.17, 15) is 9.59 Å². The maximum atomic E-state index is 12.5. The van der Waals surface area contributed by atoms with E-state index < -0.39 is 0 Å². The van der Waals surface area contributed by atoms with Crippen molar-refractivity contribution < 1.29 is 9.59 Å². The van der Waals surface area contributed by atoms with Crippen molar-refractivity contribution in [1.29, 1.82) is 0 Å². The molecule has 27 heavy (non-hydrogen) atoms. The number of carbonyl (C=O) groups excluding carboxylic acids is 2. The van der Waals surface area contributed by atoms with Gasteiger partial charge in [0.2, 0.25) is 5.91 Å². The number of carbonyl (C=O) groups is 2. The van der Waals surface area contributed by atoms with E-state index in [4.69, 9.17) is 11.6 Å². The molecule has 2 aromatic rings. The Bertz CT molecular complexity index is 790. The third kappa shape index (κ3) is 6.29. The second kappa shape index (κ2) is 9.42. The highest BCUT2D eigenvalue weighted by molar-refractivity contribution is 6.30. The van der Waals surface area contributed by atoms with Crippen molar-refractivity contribution in [3.8, 4) is 0 Å². The minimum Gasteiger partial charge on any atom is -0.332 e. The molecular formula is C21H26ClN3O2. The Morgan fingerprint density at radius 3 is 2.19 bits per heavy atom. The summed E-state index contributed by atoms with van der Waals surface area (Å²) in [6.45, 7) is 7.48. The van der Waals surface area contributed by atoms with Crippen molar-refractivity contribution in [3.63, 3.8) is 0 Å². The van der Waals surface area contributed by atoms with Gasteiger partial charge in [0.15, 0.2) is 0 Å².